The van der Waals surface area contributed by atoms with Gasteiger partial charge in [0.15, 0.2) is 10.6 Å². The smallest absolute Gasteiger partial charge is 0.230 e. The van der Waals surface area contributed by atoms with Crippen LogP contribution in [0.1, 0.15) is 75.8 Å². The van der Waals surface area contributed by atoms with Crippen molar-refractivity contribution >= 4 is 39.1 Å². The van der Waals surface area contributed by atoms with E-state index < -0.39 is 0 Å². The van der Waals surface area contributed by atoms with Gasteiger partial charge in [0.1, 0.15) is 5.52 Å². The minimum atomic E-state index is -0.160. The molecule has 3 aromatic rings. The Morgan fingerprint density at radius 3 is 2.65 bits per heavy atom. The normalized spacial score (nSPS) is 22.6. The van der Waals surface area contributed by atoms with Crippen LogP contribution in [0.3, 0.4) is 0 Å². The molecule has 3 N–H and O–H groups in total. The average Bonchev–Trinajstić information content (AvgIpc) is 3.42. The Labute approximate surface area is 186 Å². The molecule has 5 rings (SSSR count). The first-order valence-corrected chi connectivity index (χ1v) is 12.4. The molecule has 2 aliphatic rings. The van der Waals surface area contributed by atoms with Crippen LogP contribution in [0.25, 0.3) is 10.3 Å². The number of aromatic nitrogens is 5. The van der Waals surface area contributed by atoms with E-state index in [-0.39, 0.29) is 6.10 Å². The van der Waals surface area contributed by atoms with Gasteiger partial charge >= 0.3 is 0 Å². The van der Waals surface area contributed by atoms with Gasteiger partial charge in [0.05, 0.1) is 29.0 Å². The highest BCUT2D eigenvalue weighted by Gasteiger charge is 2.22. The first kappa shape index (κ1) is 20.6. The highest BCUT2D eigenvalue weighted by Crippen LogP contribution is 2.32. The number of nitrogens with zero attached hydrogens (tertiary/aromatic N) is 5. The largest absolute Gasteiger partial charge is 0.393 e. The zero-order valence-corrected chi connectivity index (χ0v) is 18.9. The molecule has 2 aliphatic carbocycles. The molecule has 8 nitrogen and oxygen atoms in total. The quantitative estimate of drug-likeness (QED) is 0.505. The number of aryl methyl sites for hydroxylation is 1. The molecule has 2 fully saturated rings. The van der Waals surface area contributed by atoms with Crippen LogP contribution in [0.4, 0.5) is 17.5 Å². The Bertz CT molecular complexity index is 1020. The summed E-state index contributed by atoms with van der Waals surface area (Å²) in [7, 11) is 0. The van der Waals surface area contributed by atoms with E-state index in [4.69, 9.17) is 15.0 Å². The lowest BCUT2D eigenvalue weighted by Crippen LogP contribution is -2.23. The molecular weight excluding hydrogens is 410 g/mol. The second kappa shape index (κ2) is 9.08. The molecule has 0 unspecified atom stereocenters. The van der Waals surface area contributed by atoms with Gasteiger partial charge in [-0.1, -0.05) is 37.5 Å². The van der Waals surface area contributed by atoms with E-state index in [1.807, 2.05) is 17.1 Å². The van der Waals surface area contributed by atoms with Crippen LogP contribution in [0.5, 0.6) is 0 Å². The van der Waals surface area contributed by atoms with Crippen molar-refractivity contribution in [3.8, 4) is 0 Å². The molecule has 9 heteroatoms. The number of fused-ring (bicyclic) bond motifs is 1. The van der Waals surface area contributed by atoms with Crippen molar-refractivity contribution in [1.29, 1.82) is 0 Å². The van der Waals surface area contributed by atoms with Gasteiger partial charge in [0.25, 0.3) is 0 Å². The molecule has 166 valence electrons. The third kappa shape index (κ3) is 4.67. The van der Waals surface area contributed by atoms with E-state index in [9.17, 15) is 5.11 Å². The Hall–Kier alpha value is -2.26. The van der Waals surface area contributed by atoms with Gasteiger partial charge in [-0.05, 0) is 44.9 Å². The first-order valence-electron chi connectivity index (χ1n) is 11.6. The Morgan fingerprint density at radius 1 is 1.06 bits per heavy atom. The molecular formula is C22H31N7OS. The van der Waals surface area contributed by atoms with Gasteiger partial charge in [-0.25, -0.2) is 4.98 Å². The second-order valence-electron chi connectivity index (χ2n) is 8.79. The summed E-state index contributed by atoms with van der Waals surface area (Å²) in [6.45, 7) is 2.12. The van der Waals surface area contributed by atoms with Crippen molar-refractivity contribution < 1.29 is 5.11 Å². The lowest BCUT2D eigenvalue weighted by molar-refractivity contribution is 0.108. The van der Waals surface area contributed by atoms with E-state index in [0.29, 0.717) is 18.0 Å². The lowest BCUT2D eigenvalue weighted by Gasteiger charge is -2.25. The lowest BCUT2D eigenvalue weighted by atomic mass is 9.93. The van der Waals surface area contributed by atoms with Crippen LogP contribution in [-0.4, -0.2) is 42.0 Å². The van der Waals surface area contributed by atoms with Crippen molar-refractivity contribution in [2.75, 3.05) is 10.6 Å². The number of thiazole rings is 1. The SMILES string of the molecule is CCc1nc2c(NC3CCCCC3)nc(Nc3cnn(C4CCC(O)CC4)c3)nc2s1. The van der Waals surface area contributed by atoms with Crippen LogP contribution < -0.4 is 10.6 Å². The summed E-state index contributed by atoms with van der Waals surface area (Å²) >= 11 is 1.64. The van der Waals surface area contributed by atoms with Gasteiger partial charge in [0.2, 0.25) is 5.95 Å². The zero-order chi connectivity index (χ0) is 21.2. The molecule has 0 bridgehead atoms. The summed E-state index contributed by atoms with van der Waals surface area (Å²) in [5.74, 6) is 1.42. The van der Waals surface area contributed by atoms with Crippen LogP contribution in [0.15, 0.2) is 12.4 Å². The molecule has 0 radical (unpaired) electrons. The maximum Gasteiger partial charge on any atom is 0.230 e. The number of aliphatic hydroxyl groups excluding tert-OH is 1. The van der Waals surface area contributed by atoms with Gasteiger partial charge in [0, 0.05) is 12.2 Å². The summed E-state index contributed by atoms with van der Waals surface area (Å²) in [5, 5.41) is 22.4. The molecule has 0 aromatic carbocycles. The van der Waals surface area contributed by atoms with Crippen LogP contribution >= 0.6 is 11.3 Å². The van der Waals surface area contributed by atoms with E-state index in [2.05, 4.69) is 22.7 Å². The molecule has 0 aliphatic heterocycles. The number of aliphatic hydroxyl groups is 1. The zero-order valence-electron chi connectivity index (χ0n) is 18.0. The predicted molar refractivity (Wildman–Crippen MR) is 124 cm³/mol. The summed E-state index contributed by atoms with van der Waals surface area (Å²) in [6.07, 6.45) is 14.4. The van der Waals surface area contributed by atoms with Gasteiger partial charge in [-0.2, -0.15) is 15.1 Å². The molecule has 3 aromatic heterocycles. The standard InChI is InChI=1S/C22H31N7OS/c1-2-18-26-19-20(24-14-6-4-3-5-7-14)27-22(28-21(19)31-18)25-15-12-23-29(13-15)16-8-10-17(30)11-9-16/h12-14,16-17,30H,2-11H2,1H3,(H2,24,25,27,28). The summed E-state index contributed by atoms with van der Waals surface area (Å²) < 4.78 is 2.01. The van der Waals surface area contributed by atoms with Crippen molar-refractivity contribution in [3.63, 3.8) is 0 Å². The number of hydrogen-bond acceptors (Lipinski definition) is 8. The Morgan fingerprint density at radius 2 is 1.87 bits per heavy atom. The topological polar surface area (TPSA) is 101 Å². The molecule has 0 atom stereocenters. The number of anilines is 3. The minimum absolute atomic E-state index is 0.160. The number of hydrogen-bond donors (Lipinski definition) is 3. The predicted octanol–water partition coefficient (Wildman–Crippen LogP) is 4.81. The maximum absolute atomic E-state index is 9.75. The van der Waals surface area contributed by atoms with Crippen molar-refractivity contribution in [2.45, 2.75) is 89.3 Å². The minimum Gasteiger partial charge on any atom is -0.393 e. The van der Waals surface area contributed by atoms with Crippen LogP contribution in [0.2, 0.25) is 0 Å². The molecule has 0 amide bonds. The van der Waals surface area contributed by atoms with Crippen molar-refractivity contribution in [3.05, 3.63) is 17.4 Å². The number of nitrogens with one attached hydrogen (secondary N) is 2. The average molecular weight is 442 g/mol. The number of rotatable bonds is 6. The molecule has 3 heterocycles. The van der Waals surface area contributed by atoms with Gasteiger partial charge in [-0.3, -0.25) is 4.68 Å². The highest BCUT2D eigenvalue weighted by atomic mass is 32.1. The fourth-order valence-corrected chi connectivity index (χ4v) is 5.54. The van der Waals surface area contributed by atoms with Gasteiger partial charge < -0.3 is 15.7 Å². The van der Waals surface area contributed by atoms with Crippen molar-refractivity contribution in [1.82, 2.24) is 24.7 Å². The highest BCUT2D eigenvalue weighted by molar-refractivity contribution is 7.18. The van der Waals surface area contributed by atoms with E-state index in [0.717, 1.165) is 59.0 Å². The molecule has 0 saturated heterocycles. The van der Waals surface area contributed by atoms with Crippen LogP contribution in [0, 0.1) is 0 Å². The van der Waals surface area contributed by atoms with E-state index >= 15 is 0 Å². The Kier molecular flexibility index (Phi) is 6.04. The Balaban J connectivity index is 1.38. The van der Waals surface area contributed by atoms with E-state index in [1.54, 1.807) is 11.3 Å². The maximum atomic E-state index is 9.75. The van der Waals surface area contributed by atoms with Gasteiger partial charge in [-0.15, -0.1) is 0 Å². The first-order chi connectivity index (χ1) is 15.2. The third-order valence-corrected chi connectivity index (χ3v) is 7.54. The van der Waals surface area contributed by atoms with E-state index in [1.165, 1.54) is 32.1 Å². The molecule has 31 heavy (non-hydrogen) atoms. The molecule has 0 spiro atoms. The second-order valence-corrected chi connectivity index (χ2v) is 9.85. The van der Waals surface area contributed by atoms with Crippen molar-refractivity contribution in [2.24, 2.45) is 0 Å². The summed E-state index contributed by atoms with van der Waals surface area (Å²) in [6, 6.07) is 0.801. The third-order valence-electron chi connectivity index (χ3n) is 6.45. The monoisotopic (exact) mass is 441 g/mol. The fourth-order valence-electron chi connectivity index (χ4n) is 4.67. The molecule has 2 saturated carbocycles. The summed E-state index contributed by atoms with van der Waals surface area (Å²) in [4.78, 5) is 15.3. The van der Waals surface area contributed by atoms with Crippen LogP contribution in [-0.2, 0) is 6.42 Å². The summed E-state index contributed by atoms with van der Waals surface area (Å²) in [5.41, 5.74) is 1.77. The fraction of sp³-hybridized carbons (Fsp3) is 0.636.